The standard InChI is InChI=1S/C12H11NO2/c1-2-12(15)13-7-9(8-14)10-5-3-4-6-11(10)13/h2-7,14H,1,8H2. The lowest BCUT2D eigenvalue weighted by molar-refractivity contribution is 0.0974. The molecule has 0 radical (unpaired) electrons. The Hall–Kier alpha value is -1.87. The van der Waals surface area contributed by atoms with E-state index in [1.807, 2.05) is 24.3 Å². The van der Waals surface area contributed by atoms with Gasteiger partial charge in [-0.05, 0) is 12.1 Å². The molecule has 0 amide bonds. The van der Waals surface area contributed by atoms with Crippen LogP contribution in [-0.4, -0.2) is 15.6 Å². The molecule has 0 atom stereocenters. The van der Waals surface area contributed by atoms with Gasteiger partial charge in [-0.2, -0.15) is 0 Å². The Morgan fingerprint density at radius 1 is 1.47 bits per heavy atom. The average Bonchev–Trinajstić information content (AvgIpc) is 2.67. The van der Waals surface area contributed by atoms with Gasteiger partial charge in [0.2, 0.25) is 0 Å². The van der Waals surface area contributed by atoms with Gasteiger partial charge in [0.05, 0.1) is 12.1 Å². The van der Waals surface area contributed by atoms with E-state index in [1.54, 1.807) is 6.20 Å². The molecule has 0 aliphatic heterocycles. The molecule has 1 N–H and O–H groups in total. The first-order valence-electron chi connectivity index (χ1n) is 4.64. The second-order valence-corrected chi connectivity index (χ2v) is 3.24. The maximum atomic E-state index is 11.5. The maximum absolute atomic E-state index is 11.5. The van der Waals surface area contributed by atoms with Crippen molar-refractivity contribution in [1.29, 1.82) is 0 Å². The number of aromatic nitrogens is 1. The van der Waals surface area contributed by atoms with Crippen molar-refractivity contribution in [3.05, 3.63) is 48.7 Å². The summed E-state index contributed by atoms with van der Waals surface area (Å²) in [6.45, 7) is 3.37. The number of benzene rings is 1. The Labute approximate surface area is 87.3 Å². The van der Waals surface area contributed by atoms with Crippen LogP contribution in [0, 0.1) is 0 Å². The lowest BCUT2D eigenvalue weighted by Crippen LogP contribution is -2.04. The highest BCUT2D eigenvalue weighted by molar-refractivity contribution is 5.99. The van der Waals surface area contributed by atoms with Gasteiger partial charge in [0.15, 0.2) is 0 Å². The van der Waals surface area contributed by atoms with Crippen molar-refractivity contribution < 1.29 is 9.90 Å². The van der Waals surface area contributed by atoms with Crippen LogP contribution in [-0.2, 0) is 6.61 Å². The molecule has 0 saturated heterocycles. The van der Waals surface area contributed by atoms with Gasteiger partial charge in [-0.3, -0.25) is 9.36 Å². The number of aliphatic hydroxyl groups is 1. The van der Waals surface area contributed by atoms with Crippen LogP contribution in [0.1, 0.15) is 10.4 Å². The minimum atomic E-state index is -0.189. The van der Waals surface area contributed by atoms with Gasteiger partial charge in [-0.1, -0.05) is 24.8 Å². The Kier molecular flexibility index (Phi) is 2.39. The fraction of sp³-hybridized carbons (Fsp3) is 0.0833. The third kappa shape index (κ3) is 1.47. The number of nitrogens with zero attached hydrogens (tertiary/aromatic N) is 1. The van der Waals surface area contributed by atoms with E-state index in [-0.39, 0.29) is 12.5 Å². The first kappa shape index (κ1) is 9.68. The zero-order valence-corrected chi connectivity index (χ0v) is 8.18. The number of rotatable bonds is 2. The minimum absolute atomic E-state index is 0.0715. The largest absolute Gasteiger partial charge is 0.392 e. The second-order valence-electron chi connectivity index (χ2n) is 3.24. The molecule has 0 unspecified atom stereocenters. The molecule has 2 rings (SSSR count). The van der Waals surface area contributed by atoms with Crippen molar-refractivity contribution in [3.63, 3.8) is 0 Å². The van der Waals surface area contributed by atoms with E-state index in [0.717, 1.165) is 16.5 Å². The summed E-state index contributed by atoms with van der Waals surface area (Å²) in [6.07, 6.45) is 2.91. The summed E-state index contributed by atoms with van der Waals surface area (Å²) in [5, 5.41) is 10.1. The van der Waals surface area contributed by atoms with Crippen LogP contribution in [0.2, 0.25) is 0 Å². The van der Waals surface area contributed by atoms with E-state index in [4.69, 9.17) is 5.11 Å². The van der Waals surface area contributed by atoms with Crippen LogP contribution in [0.25, 0.3) is 10.9 Å². The molecule has 3 heteroatoms. The molecule has 3 nitrogen and oxygen atoms in total. The molecule has 2 aromatic rings. The van der Waals surface area contributed by atoms with Crippen molar-refractivity contribution in [2.24, 2.45) is 0 Å². The van der Waals surface area contributed by atoms with Crippen molar-refractivity contribution in [2.45, 2.75) is 6.61 Å². The number of allylic oxidation sites excluding steroid dienone is 1. The normalized spacial score (nSPS) is 10.5. The summed E-state index contributed by atoms with van der Waals surface area (Å²) < 4.78 is 1.49. The molecule has 1 aromatic heterocycles. The third-order valence-electron chi connectivity index (χ3n) is 2.38. The number of carbonyl (C=O) groups excluding carboxylic acids is 1. The van der Waals surface area contributed by atoms with Gasteiger partial charge in [0, 0.05) is 17.1 Å². The van der Waals surface area contributed by atoms with Crippen molar-refractivity contribution >= 4 is 16.8 Å². The van der Waals surface area contributed by atoms with E-state index in [9.17, 15) is 4.79 Å². The minimum Gasteiger partial charge on any atom is -0.392 e. The highest BCUT2D eigenvalue weighted by Crippen LogP contribution is 2.21. The van der Waals surface area contributed by atoms with E-state index < -0.39 is 0 Å². The molecule has 1 aromatic carbocycles. The highest BCUT2D eigenvalue weighted by atomic mass is 16.3. The van der Waals surface area contributed by atoms with Gasteiger partial charge in [0.25, 0.3) is 5.91 Å². The number of carbonyl (C=O) groups is 1. The first-order valence-corrected chi connectivity index (χ1v) is 4.64. The molecule has 76 valence electrons. The second kappa shape index (κ2) is 3.71. The van der Waals surface area contributed by atoms with Crippen LogP contribution in [0.4, 0.5) is 0 Å². The summed E-state index contributed by atoms with van der Waals surface area (Å²) in [4.78, 5) is 11.5. The maximum Gasteiger partial charge on any atom is 0.254 e. The molecule has 15 heavy (non-hydrogen) atoms. The molecule has 0 spiro atoms. The molecule has 0 aliphatic rings. The Morgan fingerprint density at radius 3 is 2.87 bits per heavy atom. The summed E-state index contributed by atoms with van der Waals surface area (Å²) >= 11 is 0. The molecule has 0 bridgehead atoms. The van der Waals surface area contributed by atoms with E-state index in [1.165, 1.54) is 10.6 Å². The number of hydrogen-bond donors (Lipinski definition) is 1. The summed E-state index contributed by atoms with van der Waals surface area (Å²) in [7, 11) is 0. The highest BCUT2D eigenvalue weighted by Gasteiger charge is 2.09. The molecule has 0 fully saturated rings. The van der Waals surface area contributed by atoms with Gasteiger partial charge in [-0.25, -0.2) is 0 Å². The van der Waals surface area contributed by atoms with Gasteiger partial charge >= 0.3 is 0 Å². The zero-order chi connectivity index (χ0) is 10.8. The van der Waals surface area contributed by atoms with Gasteiger partial charge in [0.1, 0.15) is 0 Å². The fourth-order valence-electron chi connectivity index (χ4n) is 1.66. The predicted octanol–water partition coefficient (Wildman–Crippen LogP) is 1.96. The van der Waals surface area contributed by atoms with E-state index >= 15 is 0 Å². The van der Waals surface area contributed by atoms with Crippen LogP contribution in [0.15, 0.2) is 43.1 Å². The van der Waals surface area contributed by atoms with Crippen molar-refractivity contribution in [3.8, 4) is 0 Å². The lowest BCUT2D eigenvalue weighted by atomic mass is 10.2. The fourth-order valence-corrected chi connectivity index (χ4v) is 1.66. The van der Waals surface area contributed by atoms with Crippen LogP contribution >= 0.6 is 0 Å². The first-order chi connectivity index (χ1) is 7.27. The topological polar surface area (TPSA) is 42.2 Å². The quantitative estimate of drug-likeness (QED) is 0.755. The van der Waals surface area contributed by atoms with Gasteiger partial charge < -0.3 is 5.11 Å². The summed E-state index contributed by atoms with van der Waals surface area (Å²) in [6, 6.07) is 7.46. The Bertz CT molecular complexity index is 525. The Balaban J connectivity index is 2.75. The van der Waals surface area contributed by atoms with Crippen LogP contribution in [0.3, 0.4) is 0 Å². The average molecular weight is 201 g/mol. The van der Waals surface area contributed by atoms with E-state index in [0.29, 0.717) is 0 Å². The SMILES string of the molecule is C=CC(=O)n1cc(CO)c2ccccc21. The monoisotopic (exact) mass is 201 g/mol. The molecular formula is C12H11NO2. The molecule has 0 saturated carbocycles. The number of hydrogen-bond acceptors (Lipinski definition) is 2. The molecule has 1 heterocycles. The number of aliphatic hydroxyl groups excluding tert-OH is 1. The Morgan fingerprint density at radius 2 is 2.20 bits per heavy atom. The predicted molar refractivity (Wildman–Crippen MR) is 58.7 cm³/mol. The number of fused-ring (bicyclic) bond motifs is 1. The summed E-state index contributed by atoms with van der Waals surface area (Å²) in [5.74, 6) is -0.189. The summed E-state index contributed by atoms with van der Waals surface area (Å²) in [5.41, 5.74) is 1.55. The van der Waals surface area contributed by atoms with Crippen molar-refractivity contribution in [1.82, 2.24) is 4.57 Å². The van der Waals surface area contributed by atoms with E-state index in [2.05, 4.69) is 6.58 Å². The smallest absolute Gasteiger partial charge is 0.254 e. The van der Waals surface area contributed by atoms with Crippen LogP contribution in [0.5, 0.6) is 0 Å². The lowest BCUT2D eigenvalue weighted by Gasteiger charge is -1.97. The van der Waals surface area contributed by atoms with Crippen molar-refractivity contribution in [2.75, 3.05) is 0 Å². The van der Waals surface area contributed by atoms with Crippen LogP contribution < -0.4 is 0 Å². The third-order valence-corrected chi connectivity index (χ3v) is 2.38. The molecular weight excluding hydrogens is 190 g/mol. The zero-order valence-electron chi connectivity index (χ0n) is 8.18. The van der Waals surface area contributed by atoms with Gasteiger partial charge in [-0.15, -0.1) is 0 Å². The number of para-hydroxylation sites is 1. The molecule has 0 aliphatic carbocycles.